The van der Waals surface area contributed by atoms with Gasteiger partial charge in [-0.25, -0.2) is 4.39 Å². The molecule has 0 spiro atoms. The Morgan fingerprint density at radius 2 is 2.06 bits per heavy atom. The number of nitrogens with one attached hydrogen (secondary N) is 1. The summed E-state index contributed by atoms with van der Waals surface area (Å²) in [4.78, 5) is 0. The van der Waals surface area contributed by atoms with E-state index in [4.69, 9.17) is 5.73 Å². The number of halogens is 1. The lowest BCUT2D eigenvalue weighted by molar-refractivity contribution is 0.594. The van der Waals surface area contributed by atoms with Gasteiger partial charge in [-0.3, -0.25) is 5.10 Å². The predicted octanol–water partition coefficient (Wildman–Crippen LogP) is 2.72. The van der Waals surface area contributed by atoms with Crippen molar-refractivity contribution in [3.63, 3.8) is 0 Å². The van der Waals surface area contributed by atoms with E-state index in [1.807, 2.05) is 19.9 Å². The van der Waals surface area contributed by atoms with Crippen LogP contribution >= 0.6 is 0 Å². The first-order valence-corrected chi connectivity index (χ1v) is 5.63. The number of rotatable bonds is 3. The highest BCUT2D eigenvalue weighted by atomic mass is 19.1. The smallest absolute Gasteiger partial charge is 0.127 e. The van der Waals surface area contributed by atoms with Crippen LogP contribution in [0.25, 0.3) is 0 Å². The first-order valence-electron chi connectivity index (χ1n) is 5.63. The molecule has 0 aliphatic rings. The van der Waals surface area contributed by atoms with Crippen LogP contribution in [0.3, 0.4) is 0 Å². The van der Waals surface area contributed by atoms with Crippen LogP contribution in [0.1, 0.15) is 42.6 Å². The van der Waals surface area contributed by atoms with Gasteiger partial charge in [0.05, 0.1) is 11.7 Å². The molecule has 0 saturated carbocycles. The Hall–Kier alpha value is -1.68. The standard InChI is InChI=1S/C13H16FN3/c1-8(2)10-4-3-9(7-11(10)14)13(15)12-5-6-16-17-12/h3-8,13H,15H2,1-2H3,(H,16,17). The highest BCUT2D eigenvalue weighted by Gasteiger charge is 2.13. The number of nitrogens with zero attached hydrogens (tertiary/aromatic N) is 1. The molecule has 1 unspecified atom stereocenters. The highest BCUT2D eigenvalue weighted by molar-refractivity contribution is 5.32. The molecule has 0 aliphatic carbocycles. The monoisotopic (exact) mass is 233 g/mol. The van der Waals surface area contributed by atoms with Crippen molar-refractivity contribution in [2.45, 2.75) is 25.8 Å². The van der Waals surface area contributed by atoms with E-state index in [0.29, 0.717) is 5.56 Å². The average Bonchev–Trinajstić information content (AvgIpc) is 2.80. The summed E-state index contributed by atoms with van der Waals surface area (Å²) in [6.45, 7) is 3.93. The maximum atomic E-state index is 13.8. The molecular formula is C13H16FN3. The lowest BCUT2D eigenvalue weighted by Gasteiger charge is -2.13. The van der Waals surface area contributed by atoms with Gasteiger partial charge in [-0.1, -0.05) is 26.0 Å². The van der Waals surface area contributed by atoms with Gasteiger partial charge in [0.1, 0.15) is 5.82 Å². The third-order valence-electron chi connectivity index (χ3n) is 2.86. The Balaban J connectivity index is 2.32. The van der Waals surface area contributed by atoms with E-state index in [-0.39, 0.29) is 17.8 Å². The molecule has 90 valence electrons. The predicted molar refractivity (Wildman–Crippen MR) is 65.1 cm³/mol. The number of nitrogens with two attached hydrogens (primary N) is 1. The van der Waals surface area contributed by atoms with Crippen LogP contribution in [0, 0.1) is 5.82 Å². The van der Waals surface area contributed by atoms with Crippen molar-refractivity contribution in [2.75, 3.05) is 0 Å². The van der Waals surface area contributed by atoms with Gasteiger partial charge in [-0.2, -0.15) is 5.10 Å². The molecule has 0 fully saturated rings. The van der Waals surface area contributed by atoms with Gasteiger partial charge < -0.3 is 5.73 Å². The van der Waals surface area contributed by atoms with Crippen molar-refractivity contribution in [3.8, 4) is 0 Å². The molecule has 0 amide bonds. The minimum atomic E-state index is -0.367. The number of H-pyrrole nitrogens is 1. The van der Waals surface area contributed by atoms with Gasteiger partial charge in [0.15, 0.2) is 0 Å². The summed E-state index contributed by atoms with van der Waals surface area (Å²) >= 11 is 0. The van der Waals surface area contributed by atoms with Crippen molar-refractivity contribution in [1.82, 2.24) is 10.2 Å². The summed E-state index contributed by atoms with van der Waals surface area (Å²) < 4.78 is 13.8. The molecule has 3 nitrogen and oxygen atoms in total. The zero-order valence-corrected chi connectivity index (χ0v) is 9.94. The van der Waals surface area contributed by atoms with Gasteiger partial charge in [0, 0.05) is 6.20 Å². The summed E-state index contributed by atoms with van der Waals surface area (Å²) in [5.41, 5.74) is 8.26. The van der Waals surface area contributed by atoms with Crippen LogP contribution in [-0.2, 0) is 0 Å². The first kappa shape index (κ1) is 11.8. The van der Waals surface area contributed by atoms with E-state index in [1.165, 1.54) is 6.07 Å². The van der Waals surface area contributed by atoms with Crippen LogP contribution in [0.2, 0.25) is 0 Å². The van der Waals surface area contributed by atoms with Crippen molar-refractivity contribution in [3.05, 3.63) is 53.1 Å². The van der Waals surface area contributed by atoms with Gasteiger partial charge in [0.25, 0.3) is 0 Å². The summed E-state index contributed by atoms with van der Waals surface area (Å²) in [5.74, 6) is -0.0279. The number of aromatic amines is 1. The van der Waals surface area contributed by atoms with E-state index < -0.39 is 0 Å². The second-order valence-electron chi connectivity index (χ2n) is 4.43. The number of aromatic nitrogens is 2. The number of hydrogen-bond acceptors (Lipinski definition) is 2. The fourth-order valence-electron chi connectivity index (χ4n) is 1.82. The van der Waals surface area contributed by atoms with Crippen molar-refractivity contribution < 1.29 is 4.39 Å². The molecule has 4 heteroatoms. The fourth-order valence-corrected chi connectivity index (χ4v) is 1.82. The molecule has 0 radical (unpaired) electrons. The molecule has 2 rings (SSSR count). The normalized spacial score (nSPS) is 13.0. The van der Waals surface area contributed by atoms with Crippen molar-refractivity contribution in [1.29, 1.82) is 0 Å². The molecule has 0 saturated heterocycles. The maximum Gasteiger partial charge on any atom is 0.127 e. The van der Waals surface area contributed by atoms with E-state index in [0.717, 1.165) is 11.3 Å². The summed E-state index contributed by atoms with van der Waals surface area (Å²) in [5, 5.41) is 6.63. The molecule has 2 aromatic rings. The second-order valence-corrected chi connectivity index (χ2v) is 4.43. The summed E-state index contributed by atoms with van der Waals surface area (Å²) in [6.07, 6.45) is 1.63. The quantitative estimate of drug-likeness (QED) is 0.856. The summed E-state index contributed by atoms with van der Waals surface area (Å²) in [6, 6.07) is 6.59. The van der Waals surface area contributed by atoms with Crippen molar-refractivity contribution in [2.24, 2.45) is 5.73 Å². The first-order chi connectivity index (χ1) is 8.09. The zero-order chi connectivity index (χ0) is 12.4. The van der Waals surface area contributed by atoms with Gasteiger partial charge >= 0.3 is 0 Å². The minimum Gasteiger partial charge on any atom is -0.319 e. The van der Waals surface area contributed by atoms with Crippen LogP contribution < -0.4 is 5.73 Å². The third-order valence-corrected chi connectivity index (χ3v) is 2.86. The Kier molecular flexibility index (Phi) is 3.24. The molecule has 1 aromatic heterocycles. The number of benzene rings is 1. The maximum absolute atomic E-state index is 13.8. The molecule has 1 aromatic carbocycles. The lowest BCUT2D eigenvalue weighted by atomic mass is 9.97. The molecule has 0 bridgehead atoms. The molecule has 3 N–H and O–H groups in total. The molecule has 17 heavy (non-hydrogen) atoms. The molecule has 1 atom stereocenters. The van der Waals surface area contributed by atoms with Crippen LogP contribution in [-0.4, -0.2) is 10.2 Å². The second kappa shape index (κ2) is 4.67. The lowest BCUT2D eigenvalue weighted by Crippen LogP contribution is -2.13. The minimum absolute atomic E-state index is 0.174. The van der Waals surface area contributed by atoms with E-state index in [1.54, 1.807) is 18.3 Å². The SMILES string of the molecule is CC(C)c1ccc(C(N)c2ccn[nH]2)cc1F. The largest absolute Gasteiger partial charge is 0.319 e. The molecular weight excluding hydrogens is 217 g/mol. The van der Waals surface area contributed by atoms with Gasteiger partial charge in [-0.05, 0) is 29.2 Å². The van der Waals surface area contributed by atoms with Gasteiger partial charge in [0.2, 0.25) is 0 Å². The Bertz CT molecular complexity index is 491. The van der Waals surface area contributed by atoms with E-state index in [2.05, 4.69) is 10.2 Å². The fraction of sp³-hybridized carbons (Fsp3) is 0.308. The molecule has 1 heterocycles. The zero-order valence-electron chi connectivity index (χ0n) is 9.94. The Morgan fingerprint density at radius 3 is 2.59 bits per heavy atom. The van der Waals surface area contributed by atoms with Crippen molar-refractivity contribution >= 4 is 0 Å². The van der Waals surface area contributed by atoms with Crippen LogP contribution in [0.4, 0.5) is 4.39 Å². The Labute approximate surface area is 99.9 Å². The third kappa shape index (κ3) is 2.36. The van der Waals surface area contributed by atoms with Crippen LogP contribution in [0.15, 0.2) is 30.5 Å². The highest BCUT2D eigenvalue weighted by Crippen LogP contribution is 2.23. The molecule has 0 aliphatic heterocycles. The van der Waals surface area contributed by atoms with E-state index in [9.17, 15) is 4.39 Å². The van der Waals surface area contributed by atoms with Crippen LogP contribution in [0.5, 0.6) is 0 Å². The average molecular weight is 233 g/mol. The topological polar surface area (TPSA) is 54.7 Å². The number of hydrogen-bond donors (Lipinski definition) is 2. The summed E-state index contributed by atoms with van der Waals surface area (Å²) in [7, 11) is 0. The van der Waals surface area contributed by atoms with Gasteiger partial charge in [-0.15, -0.1) is 0 Å². The van der Waals surface area contributed by atoms with E-state index >= 15 is 0 Å². The Morgan fingerprint density at radius 1 is 1.29 bits per heavy atom.